The Morgan fingerprint density at radius 3 is 2.18 bits per heavy atom. The first-order valence-electron chi connectivity index (χ1n) is 3.92. The molecule has 3 nitrogen and oxygen atoms in total. The van der Waals surface area contributed by atoms with Crippen molar-refractivity contribution in [3.63, 3.8) is 0 Å². The van der Waals surface area contributed by atoms with Gasteiger partial charge < -0.3 is 5.73 Å². The zero-order valence-corrected chi connectivity index (χ0v) is 7.76. The fraction of sp³-hybridized carbons (Fsp3) is 1.00. The molecule has 0 saturated carbocycles. The molecule has 0 spiro atoms. The van der Waals surface area contributed by atoms with Crippen LogP contribution in [0.2, 0.25) is 0 Å². The molecular weight excluding hydrogens is 162 g/mol. The summed E-state index contributed by atoms with van der Waals surface area (Å²) in [5.74, 6) is 0.425. The molecule has 1 fully saturated rings. The standard InChI is InChI=1S/C7H15NO2S/c1-5(2)7-6(8)3-4-11(7,9)10/h5-7H,3-4,8H2,1-2H3. The van der Waals surface area contributed by atoms with Crippen molar-refractivity contribution in [2.75, 3.05) is 5.75 Å². The summed E-state index contributed by atoms with van der Waals surface area (Å²) in [4.78, 5) is 0. The summed E-state index contributed by atoms with van der Waals surface area (Å²) >= 11 is 0. The first-order valence-corrected chi connectivity index (χ1v) is 5.64. The van der Waals surface area contributed by atoms with Gasteiger partial charge in [0.25, 0.3) is 0 Å². The van der Waals surface area contributed by atoms with Crippen molar-refractivity contribution in [1.29, 1.82) is 0 Å². The molecule has 0 aromatic carbocycles. The van der Waals surface area contributed by atoms with Crippen LogP contribution in [0.5, 0.6) is 0 Å². The molecule has 1 heterocycles. The van der Waals surface area contributed by atoms with E-state index in [1.807, 2.05) is 13.8 Å². The van der Waals surface area contributed by atoms with Gasteiger partial charge in [0, 0.05) is 6.04 Å². The van der Waals surface area contributed by atoms with Crippen LogP contribution in [0.4, 0.5) is 0 Å². The lowest BCUT2D eigenvalue weighted by atomic mass is 10.0. The van der Waals surface area contributed by atoms with Gasteiger partial charge in [-0.2, -0.15) is 0 Å². The lowest BCUT2D eigenvalue weighted by Crippen LogP contribution is -2.37. The lowest BCUT2D eigenvalue weighted by molar-refractivity contribution is 0.498. The highest BCUT2D eigenvalue weighted by Crippen LogP contribution is 2.25. The van der Waals surface area contributed by atoms with Gasteiger partial charge in [0.05, 0.1) is 11.0 Å². The Morgan fingerprint density at radius 1 is 1.45 bits per heavy atom. The lowest BCUT2D eigenvalue weighted by Gasteiger charge is -2.17. The van der Waals surface area contributed by atoms with Gasteiger partial charge >= 0.3 is 0 Å². The van der Waals surface area contributed by atoms with Crippen LogP contribution in [0.3, 0.4) is 0 Å². The van der Waals surface area contributed by atoms with Crippen LogP contribution in [-0.4, -0.2) is 25.5 Å². The van der Waals surface area contributed by atoms with E-state index in [0.29, 0.717) is 6.42 Å². The van der Waals surface area contributed by atoms with E-state index >= 15 is 0 Å². The maximum absolute atomic E-state index is 11.3. The van der Waals surface area contributed by atoms with Gasteiger partial charge in [0.15, 0.2) is 9.84 Å². The predicted octanol–water partition coefficient (Wildman–Crippen LogP) is 0.157. The van der Waals surface area contributed by atoms with Crippen LogP contribution in [0.25, 0.3) is 0 Å². The minimum Gasteiger partial charge on any atom is -0.326 e. The maximum Gasteiger partial charge on any atom is 0.154 e. The van der Waals surface area contributed by atoms with Crippen molar-refractivity contribution in [1.82, 2.24) is 0 Å². The van der Waals surface area contributed by atoms with Gasteiger partial charge in [-0.05, 0) is 12.3 Å². The predicted molar refractivity (Wildman–Crippen MR) is 45.0 cm³/mol. The molecule has 2 atom stereocenters. The van der Waals surface area contributed by atoms with Crippen LogP contribution in [-0.2, 0) is 9.84 Å². The highest BCUT2D eigenvalue weighted by molar-refractivity contribution is 7.92. The highest BCUT2D eigenvalue weighted by atomic mass is 32.2. The zero-order valence-electron chi connectivity index (χ0n) is 6.95. The summed E-state index contributed by atoms with van der Waals surface area (Å²) in [5, 5.41) is -0.303. The Labute approximate surface area is 67.9 Å². The van der Waals surface area contributed by atoms with Crippen molar-refractivity contribution < 1.29 is 8.42 Å². The number of rotatable bonds is 1. The number of sulfone groups is 1. The first kappa shape index (κ1) is 9.00. The summed E-state index contributed by atoms with van der Waals surface area (Å²) in [6.45, 7) is 3.82. The number of hydrogen-bond donors (Lipinski definition) is 1. The van der Waals surface area contributed by atoms with Crippen LogP contribution in [0.1, 0.15) is 20.3 Å². The minimum absolute atomic E-state index is 0.139. The molecule has 1 aliphatic rings. The third kappa shape index (κ3) is 1.56. The molecule has 2 N–H and O–H groups in total. The minimum atomic E-state index is -2.86. The van der Waals surface area contributed by atoms with E-state index in [0.717, 1.165) is 0 Å². The Morgan fingerprint density at radius 2 is 2.00 bits per heavy atom. The molecule has 0 aromatic rings. The van der Waals surface area contributed by atoms with Crippen LogP contribution in [0, 0.1) is 5.92 Å². The van der Waals surface area contributed by atoms with Gasteiger partial charge in [0.1, 0.15) is 0 Å². The quantitative estimate of drug-likeness (QED) is 0.620. The normalized spacial score (nSPS) is 36.4. The molecule has 11 heavy (non-hydrogen) atoms. The Bertz CT molecular complexity index is 233. The average molecular weight is 177 g/mol. The summed E-state index contributed by atoms with van der Waals surface area (Å²) in [5.41, 5.74) is 5.68. The van der Waals surface area contributed by atoms with Crippen molar-refractivity contribution in [2.45, 2.75) is 31.6 Å². The molecule has 0 radical (unpaired) electrons. The summed E-state index contributed by atoms with van der Waals surface area (Å²) in [6, 6.07) is -0.139. The molecule has 2 unspecified atom stereocenters. The maximum atomic E-state index is 11.3. The molecular formula is C7H15NO2S. The van der Waals surface area contributed by atoms with Crippen molar-refractivity contribution in [2.24, 2.45) is 11.7 Å². The van der Waals surface area contributed by atoms with Gasteiger partial charge in [-0.3, -0.25) is 0 Å². The molecule has 0 amide bonds. The third-order valence-electron chi connectivity index (χ3n) is 2.23. The molecule has 1 aliphatic heterocycles. The van der Waals surface area contributed by atoms with E-state index < -0.39 is 9.84 Å². The van der Waals surface area contributed by atoms with Crippen molar-refractivity contribution in [3.8, 4) is 0 Å². The monoisotopic (exact) mass is 177 g/mol. The second-order valence-corrected chi connectivity index (χ2v) is 5.81. The van der Waals surface area contributed by atoms with Gasteiger partial charge in [-0.15, -0.1) is 0 Å². The van der Waals surface area contributed by atoms with Gasteiger partial charge in [-0.25, -0.2) is 8.42 Å². The van der Waals surface area contributed by atoms with Crippen LogP contribution >= 0.6 is 0 Å². The van der Waals surface area contributed by atoms with E-state index in [2.05, 4.69) is 0 Å². The zero-order chi connectivity index (χ0) is 8.65. The van der Waals surface area contributed by atoms with Crippen LogP contribution < -0.4 is 5.73 Å². The first-order chi connectivity index (χ1) is 4.95. The molecule has 0 aliphatic carbocycles. The Balaban J connectivity index is 2.90. The molecule has 4 heteroatoms. The Hall–Kier alpha value is -0.0900. The second kappa shape index (κ2) is 2.75. The fourth-order valence-electron chi connectivity index (χ4n) is 1.78. The van der Waals surface area contributed by atoms with Gasteiger partial charge in [0.2, 0.25) is 0 Å². The second-order valence-electron chi connectivity index (χ2n) is 3.53. The Kier molecular flexibility index (Phi) is 2.25. The van der Waals surface area contributed by atoms with E-state index in [9.17, 15) is 8.42 Å². The smallest absolute Gasteiger partial charge is 0.154 e. The highest BCUT2D eigenvalue weighted by Gasteiger charge is 2.39. The topological polar surface area (TPSA) is 60.2 Å². The summed E-state index contributed by atoms with van der Waals surface area (Å²) < 4.78 is 22.7. The third-order valence-corrected chi connectivity index (χ3v) is 4.76. The molecule has 0 aromatic heterocycles. The average Bonchev–Trinajstić information content (AvgIpc) is 2.06. The SMILES string of the molecule is CC(C)C1C(N)CCS1(=O)=O. The molecule has 66 valence electrons. The van der Waals surface area contributed by atoms with E-state index in [1.165, 1.54) is 0 Å². The van der Waals surface area contributed by atoms with E-state index in [-0.39, 0.29) is 23.0 Å². The number of nitrogens with two attached hydrogens (primary N) is 1. The van der Waals surface area contributed by atoms with E-state index in [1.54, 1.807) is 0 Å². The van der Waals surface area contributed by atoms with Crippen molar-refractivity contribution >= 4 is 9.84 Å². The summed E-state index contributed by atoms with van der Waals surface area (Å²) in [6.07, 6.45) is 0.630. The van der Waals surface area contributed by atoms with Gasteiger partial charge in [-0.1, -0.05) is 13.8 Å². The summed E-state index contributed by atoms with van der Waals surface area (Å²) in [7, 11) is -2.86. The fourth-order valence-corrected chi connectivity index (χ4v) is 4.15. The number of hydrogen-bond acceptors (Lipinski definition) is 3. The van der Waals surface area contributed by atoms with Crippen molar-refractivity contribution in [3.05, 3.63) is 0 Å². The molecule has 1 saturated heterocycles. The van der Waals surface area contributed by atoms with Crippen LogP contribution in [0.15, 0.2) is 0 Å². The molecule has 1 rings (SSSR count). The molecule has 0 bridgehead atoms. The largest absolute Gasteiger partial charge is 0.326 e. The van der Waals surface area contributed by atoms with E-state index in [4.69, 9.17) is 5.73 Å².